The molecule has 2 unspecified atom stereocenters. The van der Waals surface area contributed by atoms with Crippen LogP contribution in [0.5, 0.6) is 5.75 Å². The normalized spacial score (nSPS) is 20.6. The van der Waals surface area contributed by atoms with Crippen molar-refractivity contribution in [3.05, 3.63) is 54.0 Å². The van der Waals surface area contributed by atoms with Crippen molar-refractivity contribution in [2.24, 2.45) is 5.92 Å². The summed E-state index contributed by atoms with van der Waals surface area (Å²) in [6.45, 7) is 0.509. The zero-order valence-electron chi connectivity index (χ0n) is 11.3. The molecule has 1 saturated carbocycles. The molecule has 1 amide bonds. The summed E-state index contributed by atoms with van der Waals surface area (Å²) in [7, 11) is 1.80. The van der Waals surface area contributed by atoms with Gasteiger partial charge in [0, 0.05) is 25.4 Å². The molecule has 1 aliphatic rings. The number of nitrogens with zero attached hydrogens (tertiary/aromatic N) is 1. The fourth-order valence-electron chi connectivity index (χ4n) is 2.57. The van der Waals surface area contributed by atoms with E-state index >= 15 is 0 Å². The van der Waals surface area contributed by atoms with Crippen LogP contribution in [0.3, 0.4) is 0 Å². The van der Waals surface area contributed by atoms with Gasteiger partial charge in [0.15, 0.2) is 0 Å². The smallest absolute Gasteiger partial charge is 0.226 e. The standard InChI is InChI=1S/C16H17NO3/c1-17(10-11-4-2-5-12(18)8-11)16(19)14-9-13(14)15-6-3-7-20-15/h2-8,13-14,18H,9-10H2,1H3. The van der Waals surface area contributed by atoms with Gasteiger partial charge in [-0.15, -0.1) is 0 Å². The molecule has 4 nitrogen and oxygen atoms in total. The van der Waals surface area contributed by atoms with Crippen LogP contribution in [0.15, 0.2) is 47.1 Å². The Bertz CT molecular complexity index is 606. The van der Waals surface area contributed by atoms with Gasteiger partial charge in [-0.25, -0.2) is 0 Å². The van der Waals surface area contributed by atoms with Crippen molar-refractivity contribution in [1.82, 2.24) is 4.90 Å². The molecule has 104 valence electrons. The van der Waals surface area contributed by atoms with Gasteiger partial charge in [-0.1, -0.05) is 12.1 Å². The Labute approximate surface area is 117 Å². The van der Waals surface area contributed by atoms with Crippen molar-refractivity contribution in [3.63, 3.8) is 0 Å². The van der Waals surface area contributed by atoms with Crippen LogP contribution in [-0.2, 0) is 11.3 Å². The van der Waals surface area contributed by atoms with E-state index in [4.69, 9.17) is 4.42 Å². The molecule has 1 aromatic heterocycles. The number of furan rings is 1. The molecule has 1 heterocycles. The first kappa shape index (κ1) is 12.8. The molecule has 1 aliphatic carbocycles. The molecule has 2 atom stereocenters. The second-order valence-corrected chi connectivity index (χ2v) is 5.33. The van der Waals surface area contributed by atoms with Crippen molar-refractivity contribution < 1.29 is 14.3 Å². The van der Waals surface area contributed by atoms with E-state index in [1.165, 1.54) is 0 Å². The molecule has 3 rings (SSSR count). The van der Waals surface area contributed by atoms with Gasteiger partial charge in [0.25, 0.3) is 0 Å². The number of phenols is 1. The van der Waals surface area contributed by atoms with Crippen molar-refractivity contribution in [1.29, 1.82) is 0 Å². The van der Waals surface area contributed by atoms with E-state index in [1.54, 1.807) is 36.4 Å². The summed E-state index contributed by atoms with van der Waals surface area (Å²) >= 11 is 0. The minimum Gasteiger partial charge on any atom is -0.508 e. The predicted molar refractivity (Wildman–Crippen MR) is 74.1 cm³/mol. The highest BCUT2D eigenvalue weighted by Gasteiger charge is 2.46. The quantitative estimate of drug-likeness (QED) is 0.930. The molecule has 1 fully saturated rings. The Morgan fingerprint density at radius 2 is 2.25 bits per heavy atom. The first-order chi connectivity index (χ1) is 9.65. The highest BCUT2D eigenvalue weighted by molar-refractivity contribution is 5.82. The molecule has 2 aromatic rings. The van der Waals surface area contributed by atoms with Gasteiger partial charge >= 0.3 is 0 Å². The Morgan fingerprint density at radius 1 is 1.40 bits per heavy atom. The van der Waals surface area contributed by atoms with Gasteiger partial charge in [-0.05, 0) is 36.2 Å². The number of carbonyl (C=O) groups excluding carboxylic acids is 1. The molecule has 0 aliphatic heterocycles. The van der Waals surface area contributed by atoms with E-state index in [2.05, 4.69) is 0 Å². The first-order valence-electron chi connectivity index (χ1n) is 6.71. The molecule has 4 heteroatoms. The van der Waals surface area contributed by atoms with Crippen LogP contribution in [0, 0.1) is 5.92 Å². The Morgan fingerprint density at radius 3 is 2.95 bits per heavy atom. The van der Waals surface area contributed by atoms with Crippen molar-refractivity contribution in [3.8, 4) is 5.75 Å². The number of benzene rings is 1. The first-order valence-corrected chi connectivity index (χ1v) is 6.71. The Hall–Kier alpha value is -2.23. The zero-order valence-corrected chi connectivity index (χ0v) is 11.3. The van der Waals surface area contributed by atoms with Gasteiger partial charge in [0.05, 0.1) is 6.26 Å². The van der Waals surface area contributed by atoms with E-state index in [-0.39, 0.29) is 23.5 Å². The molecule has 0 radical (unpaired) electrons. The van der Waals surface area contributed by atoms with Crippen LogP contribution in [0.2, 0.25) is 0 Å². The van der Waals surface area contributed by atoms with E-state index in [1.807, 2.05) is 18.2 Å². The lowest BCUT2D eigenvalue weighted by molar-refractivity contribution is -0.131. The topological polar surface area (TPSA) is 53.7 Å². The molecule has 20 heavy (non-hydrogen) atoms. The SMILES string of the molecule is CN(Cc1cccc(O)c1)C(=O)C1CC1c1ccco1. The second kappa shape index (κ2) is 5.04. The summed E-state index contributed by atoms with van der Waals surface area (Å²) in [5.41, 5.74) is 0.927. The average Bonchev–Trinajstić information content (AvgIpc) is 3.03. The summed E-state index contributed by atoms with van der Waals surface area (Å²) in [6, 6.07) is 10.8. The third kappa shape index (κ3) is 2.54. The van der Waals surface area contributed by atoms with Gasteiger partial charge in [0.1, 0.15) is 11.5 Å². The van der Waals surface area contributed by atoms with Gasteiger partial charge < -0.3 is 14.4 Å². The third-order valence-electron chi connectivity index (χ3n) is 3.72. The number of rotatable bonds is 4. The van der Waals surface area contributed by atoms with Crippen LogP contribution >= 0.6 is 0 Å². The fraction of sp³-hybridized carbons (Fsp3) is 0.312. The predicted octanol–water partition coefficient (Wildman–Crippen LogP) is 2.75. The summed E-state index contributed by atoms with van der Waals surface area (Å²) in [5.74, 6) is 1.51. The van der Waals surface area contributed by atoms with Crippen molar-refractivity contribution in [2.45, 2.75) is 18.9 Å². The number of aromatic hydroxyl groups is 1. The molecule has 1 aromatic carbocycles. The summed E-state index contributed by atoms with van der Waals surface area (Å²) in [5, 5.41) is 9.44. The van der Waals surface area contributed by atoms with Crippen molar-refractivity contribution in [2.75, 3.05) is 7.05 Å². The minimum absolute atomic E-state index is 0.0310. The number of phenolic OH excluding ortho intramolecular Hbond substituents is 1. The van der Waals surface area contributed by atoms with Gasteiger partial charge in [-0.3, -0.25) is 4.79 Å². The highest BCUT2D eigenvalue weighted by atomic mass is 16.3. The summed E-state index contributed by atoms with van der Waals surface area (Å²) in [6.07, 6.45) is 2.50. The molecular weight excluding hydrogens is 254 g/mol. The number of amides is 1. The lowest BCUT2D eigenvalue weighted by atomic mass is 10.2. The van der Waals surface area contributed by atoms with Crippen LogP contribution in [0.1, 0.15) is 23.7 Å². The summed E-state index contributed by atoms with van der Waals surface area (Å²) < 4.78 is 5.35. The van der Waals surface area contributed by atoms with Gasteiger partial charge in [-0.2, -0.15) is 0 Å². The number of carbonyl (C=O) groups is 1. The van der Waals surface area contributed by atoms with Crippen LogP contribution in [0.25, 0.3) is 0 Å². The minimum atomic E-state index is 0.0310. The van der Waals surface area contributed by atoms with E-state index in [0.717, 1.165) is 17.7 Å². The molecule has 0 bridgehead atoms. The average molecular weight is 271 g/mol. The Balaban J connectivity index is 1.61. The zero-order chi connectivity index (χ0) is 14.1. The van der Waals surface area contributed by atoms with Crippen LogP contribution < -0.4 is 0 Å². The fourth-order valence-corrected chi connectivity index (χ4v) is 2.57. The lowest BCUT2D eigenvalue weighted by Crippen LogP contribution is -2.28. The number of hydrogen-bond donors (Lipinski definition) is 1. The maximum absolute atomic E-state index is 12.3. The molecular formula is C16H17NO3. The molecule has 1 N–H and O–H groups in total. The maximum Gasteiger partial charge on any atom is 0.226 e. The largest absolute Gasteiger partial charge is 0.508 e. The highest BCUT2D eigenvalue weighted by Crippen LogP contribution is 2.48. The Kier molecular flexibility index (Phi) is 3.22. The maximum atomic E-state index is 12.3. The van der Waals surface area contributed by atoms with Crippen molar-refractivity contribution >= 4 is 5.91 Å². The summed E-state index contributed by atoms with van der Waals surface area (Å²) in [4.78, 5) is 14.0. The van der Waals surface area contributed by atoms with Crippen LogP contribution in [-0.4, -0.2) is 23.0 Å². The molecule has 0 spiro atoms. The van der Waals surface area contributed by atoms with Gasteiger partial charge in [0.2, 0.25) is 5.91 Å². The van der Waals surface area contributed by atoms with E-state index in [0.29, 0.717) is 6.54 Å². The number of hydrogen-bond acceptors (Lipinski definition) is 3. The van der Waals surface area contributed by atoms with E-state index < -0.39 is 0 Å². The lowest BCUT2D eigenvalue weighted by Gasteiger charge is -2.17. The molecule has 0 saturated heterocycles. The second-order valence-electron chi connectivity index (χ2n) is 5.33. The monoisotopic (exact) mass is 271 g/mol. The van der Waals surface area contributed by atoms with E-state index in [9.17, 15) is 9.90 Å². The third-order valence-corrected chi connectivity index (χ3v) is 3.72. The van der Waals surface area contributed by atoms with Crippen LogP contribution in [0.4, 0.5) is 0 Å².